The summed E-state index contributed by atoms with van der Waals surface area (Å²) >= 11 is 0. The van der Waals surface area contributed by atoms with Gasteiger partial charge in [0, 0.05) is 25.2 Å². The second-order valence-corrected chi connectivity index (χ2v) is 5.10. The number of nitrogens with zero attached hydrogens (tertiary/aromatic N) is 2. The number of nitrogens with two attached hydrogens (primary N) is 1. The van der Waals surface area contributed by atoms with Gasteiger partial charge in [0.1, 0.15) is 0 Å². The molecule has 0 aliphatic carbocycles. The highest BCUT2D eigenvalue weighted by molar-refractivity contribution is 5.96. The van der Waals surface area contributed by atoms with E-state index in [1.54, 1.807) is 0 Å². The normalized spacial score (nSPS) is 15.3. The summed E-state index contributed by atoms with van der Waals surface area (Å²) in [6, 6.07) is 16.4. The lowest BCUT2D eigenvalue weighted by Gasteiger charge is -2.15. The summed E-state index contributed by atoms with van der Waals surface area (Å²) in [5, 5.41) is 11.6. The minimum absolute atomic E-state index is 0.144. The van der Waals surface area contributed by atoms with Crippen molar-refractivity contribution in [2.75, 3.05) is 0 Å². The second kappa shape index (κ2) is 5.35. The van der Waals surface area contributed by atoms with Crippen LogP contribution in [0.1, 0.15) is 22.3 Å². The van der Waals surface area contributed by atoms with Crippen LogP contribution in [-0.4, -0.2) is 15.9 Å². The molecular weight excluding hydrogens is 250 g/mol. The summed E-state index contributed by atoms with van der Waals surface area (Å²) in [5.41, 5.74) is 10.4. The molecule has 1 aliphatic heterocycles. The van der Waals surface area contributed by atoms with Gasteiger partial charge in [0.25, 0.3) is 0 Å². The highest BCUT2D eigenvalue weighted by atomic mass is 16.4. The number of hydrogen-bond acceptors (Lipinski definition) is 3. The van der Waals surface area contributed by atoms with E-state index in [1.165, 1.54) is 16.7 Å². The Morgan fingerprint density at radius 2 is 1.65 bits per heavy atom. The summed E-state index contributed by atoms with van der Waals surface area (Å²) in [5.74, 6) is 0.144. The third-order valence-corrected chi connectivity index (χ3v) is 3.67. The molecule has 0 amide bonds. The third-order valence-electron chi connectivity index (χ3n) is 3.67. The fourth-order valence-electron chi connectivity index (χ4n) is 2.61. The Bertz CT molecular complexity index is 609. The van der Waals surface area contributed by atoms with Gasteiger partial charge >= 0.3 is 0 Å². The SMILES string of the molecule is NC(=NO)c1ccc(CN2Cc3ccccc3C2)cc1. The first-order chi connectivity index (χ1) is 9.76. The third kappa shape index (κ3) is 2.51. The van der Waals surface area contributed by atoms with E-state index in [1.807, 2.05) is 24.3 Å². The smallest absolute Gasteiger partial charge is 0.170 e. The average Bonchev–Trinajstić information content (AvgIpc) is 2.89. The van der Waals surface area contributed by atoms with Gasteiger partial charge in [-0.15, -0.1) is 0 Å². The molecule has 0 aromatic heterocycles. The van der Waals surface area contributed by atoms with Gasteiger partial charge in [-0.1, -0.05) is 53.7 Å². The van der Waals surface area contributed by atoms with Crippen LogP contribution in [0.15, 0.2) is 53.7 Å². The monoisotopic (exact) mass is 267 g/mol. The molecule has 0 spiro atoms. The molecule has 4 heteroatoms. The second-order valence-electron chi connectivity index (χ2n) is 5.10. The van der Waals surface area contributed by atoms with Gasteiger partial charge < -0.3 is 10.9 Å². The van der Waals surface area contributed by atoms with E-state index in [0.717, 1.165) is 25.2 Å². The maximum absolute atomic E-state index is 8.64. The van der Waals surface area contributed by atoms with Gasteiger partial charge in [0.15, 0.2) is 5.84 Å². The zero-order valence-corrected chi connectivity index (χ0v) is 11.2. The van der Waals surface area contributed by atoms with E-state index < -0.39 is 0 Å². The van der Waals surface area contributed by atoms with Crippen LogP contribution in [0.2, 0.25) is 0 Å². The van der Waals surface area contributed by atoms with Gasteiger partial charge in [0.2, 0.25) is 0 Å². The fourth-order valence-corrected chi connectivity index (χ4v) is 2.61. The minimum atomic E-state index is 0.144. The van der Waals surface area contributed by atoms with Gasteiger partial charge in [-0.2, -0.15) is 0 Å². The fraction of sp³-hybridized carbons (Fsp3) is 0.188. The number of oxime groups is 1. The molecule has 0 saturated heterocycles. The van der Waals surface area contributed by atoms with Crippen molar-refractivity contribution in [1.82, 2.24) is 4.90 Å². The molecule has 4 nitrogen and oxygen atoms in total. The molecule has 0 radical (unpaired) electrons. The lowest BCUT2D eigenvalue weighted by atomic mass is 10.1. The van der Waals surface area contributed by atoms with Crippen molar-refractivity contribution >= 4 is 5.84 Å². The molecule has 20 heavy (non-hydrogen) atoms. The Morgan fingerprint density at radius 3 is 2.20 bits per heavy atom. The van der Waals surface area contributed by atoms with E-state index in [2.05, 4.69) is 34.3 Å². The van der Waals surface area contributed by atoms with Gasteiger partial charge in [0.05, 0.1) is 0 Å². The summed E-state index contributed by atoms with van der Waals surface area (Å²) in [6.07, 6.45) is 0. The molecule has 3 N–H and O–H groups in total. The first-order valence-corrected chi connectivity index (χ1v) is 6.62. The number of fused-ring (bicyclic) bond motifs is 1. The molecule has 0 saturated carbocycles. The van der Waals surface area contributed by atoms with Crippen LogP contribution in [0.4, 0.5) is 0 Å². The molecule has 2 aromatic rings. The summed E-state index contributed by atoms with van der Waals surface area (Å²) in [4.78, 5) is 2.41. The number of amidine groups is 1. The van der Waals surface area contributed by atoms with Gasteiger partial charge in [-0.25, -0.2) is 0 Å². The Hall–Kier alpha value is -2.33. The van der Waals surface area contributed by atoms with Crippen LogP contribution in [0.25, 0.3) is 0 Å². The van der Waals surface area contributed by atoms with E-state index in [9.17, 15) is 0 Å². The van der Waals surface area contributed by atoms with Crippen LogP contribution in [0, 0.1) is 0 Å². The topological polar surface area (TPSA) is 61.9 Å². The van der Waals surface area contributed by atoms with Crippen molar-refractivity contribution < 1.29 is 5.21 Å². The van der Waals surface area contributed by atoms with Crippen LogP contribution < -0.4 is 5.73 Å². The van der Waals surface area contributed by atoms with E-state index in [4.69, 9.17) is 10.9 Å². The average molecular weight is 267 g/mol. The van der Waals surface area contributed by atoms with E-state index in [-0.39, 0.29) is 5.84 Å². The van der Waals surface area contributed by atoms with Crippen molar-refractivity contribution in [2.45, 2.75) is 19.6 Å². The summed E-state index contributed by atoms with van der Waals surface area (Å²) in [6.45, 7) is 2.90. The molecule has 1 aliphatic rings. The predicted octanol–water partition coefficient (Wildman–Crippen LogP) is 2.30. The largest absolute Gasteiger partial charge is 0.409 e. The number of rotatable bonds is 3. The molecule has 0 fully saturated rings. The van der Waals surface area contributed by atoms with Crippen molar-refractivity contribution in [3.63, 3.8) is 0 Å². The zero-order valence-electron chi connectivity index (χ0n) is 11.2. The van der Waals surface area contributed by atoms with Crippen molar-refractivity contribution in [1.29, 1.82) is 0 Å². The molecular formula is C16H17N3O. The Morgan fingerprint density at radius 1 is 1.05 bits per heavy atom. The maximum Gasteiger partial charge on any atom is 0.170 e. The summed E-state index contributed by atoms with van der Waals surface area (Å²) < 4.78 is 0. The number of hydrogen-bond donors (Lipinski definition) is 2. The van der Waals surface area contributed by atoms with E-state index >= 15 is 0 Å². The lowest BCUT2D eigenvalue weighted by Crippen LogP contribution is -2.16. The molecule has 2 aromatic carbocycles. The standard InChI is InChI=1S/C16H17N3O/c17-16(18-20)13-7-5-12(6-8-13)9-19-10-14-3-1-2-4-15(14)11-19/h1-8,20H,9-11H2,(H2,17,18). The van der Waals surface area contributed by atoms with Gasteiger partial charge in [-0.3, -0.25) is 4.90 Å². The van der Waals surface area contributed by atoms with Crippen LogP contribution >= 0.6 is 0 Å². The first-order valence-electron chi connectivity index (χ1n) is 6.62. The Balaban J connectivity index is 1.68. The highest BCUT2D eigenvalue weighted by Crippen LogP contribution is 2.23. The maximum atomic E-state index is 8.64. The molecule has 3 rings (SSSR count). The Labute approximate surface area is 118 Å². The molecule has 0 atom stereocenters. The van der Waals surface area contributed by atoms with Crippen LogP contribution in [0.5, 0.6) is 0 Å². The first kappa shape index (κ1) is 12.7. The molecule has 0 bridgehead atoms. The quantitative estimate of drug-likeness (QED) is 0.388. The molecule has 102 valence electrons. The predicted molar refractivity (Wildman–Crippen MR) is 78.3 cm³/mol. The van der Waals surface area contributed by atoms with E-state index in [0.29, 0.717) is 0 Å². The number of benzene rings is 2. The zero-order chi connectivity index (χ0) is 13.9. The van der Waals surface area contributed by atoms with Crippen molar-refractivity contribution in [2.24, 2.45) is 10.9 Å². The minimum Gasteiger partial charge on any atom is -0.409 e. The highest BCUT2D eigenvalue weighted by Gasteiger charge is 2.17. The van der Waals surface area contributed by atoms with Gasteiger partial charge in [-0.05, 0) is 16.7 Å². The molecule has 0 unspecified atom stereocenters. The Kier molecular flexibility index (Phi) is 3.39. The lowest BCUT2D eigenvalue weighted by molar-refractivity contribution is 0.275. The van der Waals surface area contributed by atoms with Crippen LogP contribution in [0.3, 0.4) is 0 Å². The van der Waals surface area contributed by atoms with Crippen molar-refractivity contribution in [3.05, 3.63) is 70.8 Å². The molecule has 1 heterocycles. The van der Waals surface area contributed by atoms with Crippen LogP contribution in [-0.2, 0) is 19.6 Å². The van der Waals surface area contributed by atoms with Crippen molar-refractivity contribution in [3.8, 4) is 0 Å². The summed E-state index contributed by atoms with van der Waals surface area (Å²) in [7, 11) is 0.